The number of Topliss-reactive ketones (excluding diaryl/α,β-unsaturated/α-hetero) is 1. The molecule has 34 heavy (non-hydrogen) atoms. The maximum absolute atomic E-state index is 13.6. The lowest BCUT2D eigenvalue weighted by molar-refractivity contribution is -0.425. The van der Waals surface area contributed by atoms with Gasteiger partial charge in [0.15, 0.2) is 11.6 Å². The van der Waals surface area contributed by atoms with Crippen molar-refractivity contribution in [2.45, 2.75) is 88.2 Å². The Kier molecular flexibility index (Phi) is 5.71. The molecule has 0 aromatic heterocycles. The molecule has 3 saturated carbocycles. The van der Waals surface area contributed by atoms with Crippen LogP contribution in [0.1, 0.15) is 66.2 Å². The molecule has 1 N–H and O–H groups in total. The lowest BCUT2D eigenvalue weighted by Gasteiger charge is -2.66. The molecule has 7 heteroatoms. The van der Waals surface area contributed by atoms with E-state index in [4.69, 9.17) is 14.2 Å². The molecule has 4 fully saturated rings. The summed E-state index contributed by atoms with van der Waals surface area (Å²) in [5, 5.41) is 11.9. The fraction of sp³-hybridized carbons (Fsp3) is 0.778. The van der Waals surface area contributed by atoms with E-state index in [0.29, 0.717) is 19.3 Å². The molecular formula is C27H37BrO6. The lowest BCUT2D eigenvalue weighted by atomic mass is 9.44. The number of methoxy groups -OCH3 is 1. The van der Waals surface area contributed by atoms with Crippen molar-refractivity contribution < 1.29 is 28.9 Å². The summed E-state index contributed by atoms with van der Waals surface area (Å²) in [4.78, 5) is 25.8. The summed E-state index contributed by atoms with van der Waals surface area (Å²) in [6, 6.07) is 0. The topological polar surface area (TPSA) is 82.1 Å². The number of fused-ring (bicyclic) bond motifs is 6. The average molecular weight is 537 g/mol. The van der Waals surface area contributed by atoms with Crippen LogP contribution in [0.3, 0.4) is 0 Å². The molecule has 188 valence electrons. The third kappa shape index (κ3) is 2.88. The quantitative estimate of drug-likeness (QED) is 0.535. The first kappa shape index (κ1) is 24.8. The molecule has 6 nitrogen and oxygen atoms in total. The highest BCUT2D eigenvalue weighted by atomic mass is 79.9. The summed E-state index contributed by atoms with van der Waals surface area (Å²) < 4.78 is 17.6. The molecule has 5 aliphatic rings. The molecule has 1 saturated heterocycles. The molecule has 5 rings (SSSR count). The maximum atomic E-state index is 13.6. The van der Waals surface area contributed by atoms with Crippen molar-refractivity contribution in [3.63, 3.8) is 0 Å². The van der Waals surface area contributed by atoms with Crippen LogP contribution in [0, 0.1) is 28.6 Å². The van der Waals surface area contributed by atoms with Crippen LogP contribution < -0.4 is 0 Å². The van der Waals surface area contributed by atoms with Crippen LogP contribution in [0.2, 0.25) is 0 Å². The Balaban J connectivity index is 1.59. The predicted octanol–water partition coefficient (Wildman–Crippen LogP) is 4.48. The van der Waals surface area contributed by atoms with E-state index in [1.807, 2.05) is 13.0 Å². The van der Waals surface area contributed by atoms with Crippen molar-refractivity contribution in [2.24, 2.45) is 28.6 Å². The number of carbonyl (C=O) groups excluding carboxylic acids is 2. The third-order valence-corrected chi connectivity index (χ3v) is 12.1. The second-order valence-corrected chi connectivity index (χ2v) is 12.9. The van der Waals surface area contributed by atoms with Crippen molar-refractivity contribution >= 4 is 27.5 Å². The van der Waals surface area contributed by atoms with Crippen LogP contribution in [0.5, 0.6) is 0 Å². The van der Waals surface area contributed by atoms with Crippen molar-refractivity contribution in [1.82, 2.24) is 0 Å². The first-order chi connectivity index (χ1) is 15.9. The summed E-state index contributed by atoms with van der Waals surface area (Å²) in [6.07, 6.45) is 8.71. The Morgan fingerprint density at radius 1 is 1.26 bits per heavy atom. The van der Waals surface area contributed by atoms with Crippen molar-refractivity contribution in [1.29, 1.82) is 0 Å². The lowest BCUT2D eigenvalue weighted by Crippen LogP contribution is -2.71. The second-order valence-electron chi connectivity index (χ2n) is 11.6. The fourth-order valence-electron chi connectivity index (χ4n) is 8.49. The molecule has 0 bridgehead atoms. The molecule has 0 amide bonds. The number of carbonyl (C=O) groups is 2. The van der Waals surface area contributed by atoms with Gasteiger partial charge in [0, 0.05) is 24.4 Å². The van der Waals surface area contributed by atoms with Crippen molar-refractivity contribution in [3.05, 3.63) is 23.8 Å². The highest BCUT2D eigenvalue weighted by molar-refractivity contribution is 9.10. The Bertz CT molecular complexity index is 976. The van der Waals surface area contributed by atoms with Gasteiger partial charge in [-0.05, 0) is 62.0 Å². The number of halogens is 1. The van der Waals surface area contributed by atoms with Crippen LogP contribution >= 0.6 is 15.9 Å². The molecule has 1 unspecified atom stereocenters. The highest BCUT2D eigenvalue weighted by Crippen LogP contribution is 2.72. The minimum Gasteiger partial charge on any atom is -0.392 e. The number of aliphatic hydroxyl groups is 1. The van der Waals surface area contributed by atoms with E-state index in [1.165, 1.54) is 0 Å². The van der Waals surface area contributed by atoms with Gasteiger partial charge in [0.1, 0.15) is 12.2 Å². The van der Waals surface area contributed by atoms with Gasteiger partial charge in [0.2, 0.25) is 0 Å². The first-order valence-corrected chi connectivity index (χ1v) is 13.5. The molecule has 0 aromatic rings. The Hall–Kier alpha value is -0.860. The van der Waals surface area contributed by atoms with Crippen LogP contribution in [0.25, 0.3) is 0 Å². The summed E-state index contributed by atoms with van der Waals surface area (Å²) in [6.45, 7) is 8.45. The molecular weight excluding hydrogens is 500 g/mol. The number of ether oxygens (including phenoxy) is 3. The Labute approximate surface area is 210 Å². The van der Waals surface area contributed by atoms with Gasteiger partial charge in [-0.2, -0.15) is 0 Å². The van der Waals surface area contributed by atoms with Gasteiger partial charge in [-0.3, -0.25) is 9.59 Å². The fourth-order valence-corrected chi connectivity index (χ4v) is 9.52. The number of rotatable bonds is 3. The van der Waals surface area contributed by atoms with Gasteiger partial charge < -0.3 is 19.3 Å². The standard InChI is InChI=1S/C27H37BrO6/c1-6-9-26(32-5)33-15-22(31)25(34-26)11-8-18-20-12-16(2)19-13-17(29)7-10-23(19,3)27(20,28)21(30)14-24(18,25)4/h7,10,13,16,18,20-21,30H,6,8-9,11-12,14-15H2,1-5H3/t16-,18-,20-,21-,23-,24-,25-,26?,27-/m0/s1. The number of hydrogen-bond donors (Lipinski definition) is 1. The van der Waals surface area contributed by atoms with Crippen LogP contribution in [-0.4, -0.2) is 52.4 Å². The summed E-state index contributed by atoms with van der Waals surface area (Å²) in [5.74, 6) is -0.794. The number of aliphatic hydroxyl groups excluding tert-OH is 1. The van der Waals surface area contributed by atoms with Crippen LogP contribution in [0.4, 0.5) is 0 Å². The van der Waals surface area contributed by atoms with E-state index >= 15 is 0 Å². The molecule has 0 radical (unpaired) electrons. The number of hydrogen-bond acceptors (Lipinski definition) is 6. The normalized spacial score (nSPS) is 52.3. The maximum Gasteiger partial charge on any atom is 0.284 e. The summed E-state index contributed by atoms with van der Waals surface area (Å²) in [7, 11) is 1.57. The average Bonchev–Trinajstić information content (AvgIpc) is 3.07. The van der Waals surface area contributed by atoms with E-state index in [2.05, 4.69) is 36.7 Å². The van der Waals surface area contributed by atoms with Crippen molar-refractivity contribution in [3.8, 4) is 0 Å². The molecule has 4 aliphatic carbocycles. The van der Waals surface area contributed by atoms with E-state index in [0.717, 1.165) is 24.8 Å². The molecule has 1 spiro atoms. The van der Waals surface area contributed by atoms with Crippen molar-refractivity contribution in [2.75, 3.05) is 13.7 Å². The summed E-state index contributed by atoms with van der Waals surface area (Å²) >= 11 is 4.10. The molecule has 1 aliphatic heterocycles. The predicted molar refractivity (Wildman–Crippen MR) is 130 cm³/mol. The van der Waals surface area contributed by atoms with E-state index in [-0.39, 0.29) is 35.9 Å². The van der Waals surface area contributed by atoms with Gasteiger partial charge in [0.25, 0.3) is 5.97 Å². The number of alkyl halides is 1. The van der Waals surface area contributed by atoms with Gasteiger partial charge in [0.05, 0.1) is 10.4 Å². The molecule has 0 aromatic carbocycles. The number of ketones is 2. The smallest absolute Gasteiger partial charge is 0.284 e. The molecule has 1 heterocycles. The largest absolute Gasteiger partial charge is 0.392 e. The third-order valence-electron chi connectivity index (χ3n) is 10.2. The number of allylic oxidation sites excluding steroid dienone is 4. The zero-order valence-corrected chi connectivity index (χ0v) is 22.4. The van der Waals surface area contributed by atoms with E-state index in [9.17, 15) is 14.7 Å². The van der Waals surface area contributed by atoms with Gasteiger partial charge >= 0.3 is 0 Å². The minimum absolute atomic E-state index is 0.0110. The Morgan fingerprint density at radius 2 is 2.00 bits per heavy atom. The second kappa shape index (κ2) is 7.82. The first-order valence-electron chi connectivity index (χ1n) is 12.7. The SMILES string of the molecule is CCCC1(OC)OCC(=O)[C@]2(CC[C@H]3[C@@H]4C[C@H](C)C5=CC(=O)C=C[C@]5(C)[C@@]4(Br)[C@@H](O)C[C@@]32C)O1. The van der Waals surface area contributed by atoms with Gasteiger partial charge in [-0.1, -0.05) is 55.3 Å². The van der Waals surface area contributed by atoms with E-state index < -0.39 is 32.8 Å². The zero-order valence-electron chi connectivity index (χ0n) is 20.9. The zero-order chi connectivity index (χ0) is 24.7. The Morgan fingerprint density at radius 3 is 2.68 bits per heavy atom. The van der Waals surface area contributed by atoms with E-state index in [1.54, 1.807) is 19.3 Å². The highest BCUT2D eigenvalue weighted by Gasteiger charge is 2.75. The molecule has 9 atom stereocenters. The minimum atomic E-state index is -1.23. The monoisotopic (exact) mass is 536 g/mol. The van der Waals surface area contributed by atoms with Crippen LogP contribution in [0.15, 0.2) is 23.8 Å². The van der Waals surface area contributed by atoms with Gasteiger partial charge in [-0.25, -0.2) is 0 Å². The summed E-state index contributed by atoms with van der Waals surface area (Å²) in [5.41, 5.74) is -1.00. The van der Waals surface area contributed by atoms with Crippen LogP contribution in [-0.2, 0) is 23.8 Å². The van der Waals surface area contributed by atoms with Gasteiger partial charge in [-0.15, -0.1) is 0 Å².